The molecule has 2 aromatic rings. The maximum Gasteiger partial charge on any atom is 0.392 e. The first-order valence-corrected chi connectivity index (χ1v) is 8.06. The van der Waals surface area contributed by atoms with Crippen LogP contribution in [-0.2, 0) is 13.5 Å². The molecule has 0 aliphatic carbocycles. The first-order chi connectivity index (χ1) is 11.7. The summed E-state index contributed by atoms with van der Waals surface area (Å²) in [6, 6.07) is 3.84. The van der Waals surface area contributed by atoms with Crippen LogP contribution in [0.3, 0.4) is 0 Å². The fourth-order valence-corrected chi connectivity index (χ4v) is 2.76. The van der Waals surface area contributed by atoms with Gasteiger partial charge in [-0.2, -0.15) is 18.3 Å². The van der Waals surface area contributed by atoms with Crippen molar-refractivity contribution >= 4 is 0 Å². The number of hydrogen-bond acceptors (Lipinski definition) is 2. The van der Waals surface area contributed by atoms with Crippen LogP contribution >= 0.6 is 0 Å². The average molecular weight is 349 g/mol. The monoisotopic (exact) mass is 349 g/mol. The van der Waals surface area contributed by atoms with E-state index in [1.54, 1.807) is 6.20 Å². The van der Waals surface area contributed by atoms with Gasteiger partial charge in [-0.3, -0.25) is 9.67 Å². The molecule has 3 nitrogen and oxygen atoms in total. The maximum absolute atomic E-state index is 12.3. The molecule has 0 aliphatic rings. The number of aryl methyl sites for hydroxylation is 2. The van der Waals surface area contributed by atoms with E-state index in [-0.39, 0.29) is 0 Å². The molecule has 0 atom stereocenters. The molecular formula is C19H22F3N3. The Kier molecular flexibility index (Phi) is 5.82. The summed E-state index contributed by atoms with van der Waals surface area (Å²) in [6.07, 6.45) is 1.54. The largest absolute Gasteiger partial charge is 0.392 e. The molecule has 0 bridgehead atoms. The van der Waals surface area contributed by atoms with Gasteiger partial charge >= 0.3 is 6.18 Å². The van der Waals surface area contributed by atoms with E-state index in [0.717, 1.165) is 39.9 Å². The van der Waals surface area contributed by atoms with Crippen molar-refractivity contribution < 1.29 is 13.2 Å². The summed E-state index contributed by atoms with van der Waals surface area (Å²) >= 11 is 0. The second-order valence-corrected chi connectivity index (χ2v) is 5.93. The molecule has 0 radical (unpaired) electrons. The quantitative estimate of drug-likeness (QED) is 0.704. The van der Waals surface area contributed by atoms with Crippen molar-refractivity contribution in [3.63, 3.8) is 0 Å². The molecular weight excluding hydrogens is 327 g/mol. The molecule has 0 aliphatic heterocycles. The van der Waals surface area contributed by atoms with Crippen molar-refractivity contribution in [2.75, 3.05) is 0 Å². The number of pyridine rings is 1. The summed E-state index contributed by atoms with van der Waals surface area (Å²) in [5.41, 5.74) is 5.55. The molecule has 0 saturated heterocycles. The summed E-state index contributed by atoms with van der Waals surface area (Å²) in [5.74, 6) is 0. The lowest BCUT2D eigenvalue weighted by molar-refractivity contribution is -0.125. The third-order valence-corrected chi connectivity index (χ3v) is 4.09. The molecule has 25 heavy (non-hydrogen) atoms. The molecule has 2 rings (SSSR count). The van der Waals surface area contributed by atoms with Gasteiger partial charge in [0.25, 0.3) is 0 Å². The standard InChI is InChI=1S/C19H22F3N3/c1-5-15(8-6-10-19(20,21)22)12-17-16(9-7-11-23-17)18-13(2)24-25(4)14(18)3/h5-9,11H,10,12H2,1-4H3/b8-6-,15-5+. The van der Waals surface area contributed by atoms with E-state index in [2.05, 4.69) is 10.1 Å². The van der Waals surface area contributed by atoms with Crippen LogP contribution in [0.25, 0.3) is 11.1 Å². The summed E-state index contributed by atoms with van der Waals surface area (Å²) in [7, 11) is 1.89. The molecule has 0 unspecified atom stereocenters. The molecule has 2 aromatic heterocycles. The number of nitrogens with zero attached hydrogens (tertiary/aromatic N) is 3. The highest BCUT2D eigenvalue weighted by Crippen LogP contribution is 2.30. The van der Waals surface area contributed by atoms with Crippen molar-refractivity contribution in [2.24, 2.45) is 7.05 Å². The molecule has 0 fully saturated rings. The maximum atomic E-state index is 12.3. The number of halogens is 3. The van der Waals surface area contributed by atoms with Crippen molar-refractivity contribution in [1.29, 1.82) is 0 Å². The van der Waals surface area contributed by atoms with Crippen LogP contribution in [0.5, 0.6) is 0 Å². The lowest BCUT2D eigenvalue weighted by Crippen LogP contribution is -2.04. The SMILES string of the molecule is C/C=C(\C=C/CC(F)(F)F)Cc1ncccc1-c1c(C)nn(C)c1C. The predicted molar refractivity (Wildman–Crippen MR) is 93.2 cm³/mol. The van der Waals surface area contributed by atoms with Gasteiger partial charge in [0.1, 0.15) is 0 Å². The molecule has 0 N–H and O–H groups in total. The molecule has 6 heteroatoms. The number of rotatable bonds is 5. The lowest BCUT2D eigenvalue weighted by Gasteiger charge is -2.10. The fraction of sp³-hybridized carbons (Fsp3) is 0.368. The Morgan fingerprint density at radius 3 is 2.56 bits per heavy atom. The normalized spacial score (nSPS) is 13.0. The highest BCUT2D eigenvalue weighted by molar-refractivity contribution is 5.71. The van der Waals surface area contributed by atoms with E-state index in [0.29, 0.717) is 6.42 Å². The molecule has 2 heterocycles. The minimum atomic E-state index is -4.19. The Labute approximate surface area is 145 Å². The Hall–Kier alpha value is -2.37. The van der Waals surface area contributed by atoms with Crippen LogP contribution in [0.4, 0.5) is 13.2 Å². The van der Waals surface area contributed by atoms with E-state index in [9.17, 15) is 13.2 Å². The van der Waals surface area contributed by atoms with Gasteiger partial charge in [-0.25, -0.2) is 0 Å². The fourth-order valence-electron chi connectivity index (χ4n) is 2.76. The van der Waals surface area contributed by atoms with Gasteiger partial charge in [0.05, 0.1) is 17.8 Å². The third kappa shape index (κ3) is 4.81. The minimum absolute atomic E-state index is 0.467. The zero-order valence-electron chi connectivity index (χ0n) is 14.9. The summed E-state index contributed by atoms with van der Waals surface area (Å²) in [6.45, 7) is 5.75. The molecule has 0 spiro atoms. The van der Waals surface area contributed by atoms with Gasteiger partial charge in [0.15, 0.2) is 0 Å². The van der Waals surface area contributed by atoms with Crippen LogP contribution in [0.15, 0.2) is 42.1 Å². The van der Waals surface area contributed by atoms with Crippen LogP contribution < -0.4 is 0 Å². The number of allylic oxidation sites excluding steroid dienone is 4. The Morgan fingerprint density at radius 2 is 2.00 bits per heavy atom. The summed E-state index contributed by atoms with van der Waals surface area (Å²) in [4.78, 5) is 4.46. The Morgan fingerprint density at radius 1 is 1.28 bits per heavy atom. The first kappa shape index (κ1) is 19.0. The van der Waals surface area contributed by atoms with E-state index in [4.69, 9.17) is 0 Å². The van der Waals surface area contributed by atoms with E-state index in [1.807, 2.05) is 50.7 Å². The van der Waals surface area contributed by atoms with E-state index >= 15 is 0 Å². The van der Waals surface area contributed by atoms with Crippen molar-refractivity contribution in [2.45, 2.75) is 39.8 Å². The molecule has 134 valence electrons. The lowest BCUT2D eigenvalue weighted by atomic mass is 9.97. The van der Waals surface area contributed by atoms with Gasteiger partial charge in [0, 0.05) is 36.5 Å². The summed E-state index contributed by atoms with van der Waals surface area (Å²) < 4.78 is 38.8. The Bertz CT molecular complexity index is 799. The van der Waals surface area contributed by atoms with Gasteiger partial charge in [-0.1, -0.05) is 24.3 Å². The molecule has 0 amide bonds. The van der Waals surface area contributed by atoms with Crippen LogP contribution in [-0.4, -0.2) is 20.9 Å². The van der Waals surface area contributed by atoms with Crippen molar-refractivity contribution in [3.8, 4) is 11.1 Å². The van der Waals surface area contributed by atoms with Crippen LogP contribution in [0.1, 0.15) is 30.4 Å². The second kappa shape index (κ2) is 7.68. The van der Waals surface area contributed by atoms with Crippen molar-refractivity contribution in [1.82, 2.24) is 14.8 Å². The number of alkyl halides is 3. The predicted octanol–water partition coefficient (Wildman–Crippen LogP) is 5.10. The van der Waals surface area contributed by atoms with Gasteiger partial charge < -0.3 is 0 Å². The van der Waals surface area contributed by atoms with E-state index in [1.165, 1.54) is 6.08 Å². The number of hydrogen-bond donors (Lipinski definition) is 0. The number of aromatic nitrogens is 3. The highest BCUT2D eigenvalue weighted by Gasteiger charge is 2.24. The minimum Gasteiger partial charge on any atom is -0.272 e. The van der Waals surface area contributed by atoms with Gasteiger partial charge in [0.2, 0.25) is 0 Å². The zero-order valence-corrected chi connectivity index (χ0v) is 14.9. The highest BCUT2D eigenvalue weighted by atomic mass is 19.4. The molecule has 0 aromatic carbocycles. The van der Waals surface area contributed by atoms with Crippen LogP contribution in [0.2, 0.25) is 0 Å². The second-order valence-electron chi connectivity index (χ2n) is 5.93. The van der Waals surface area contributed by atoms with E-state index < -0.39 is 12.6 Å². The zero-order chi connectivity index (χ0) is 18.6. The van der Waals surface area contributed by atoms with Gasteiger partial charge in [-0.15, -0.1) is 0 Å². The smallest absolute Gasteiger partial charge is 0.272 e. The first-order valence-electron chi connectivity index (χ1n) is 8.06. The van der Waals surface area contributed by atoms with Crippen molar-refractivity contribution in [3.05, 3.63) is 59.2 Å². The third-order valence-electron chi connectivity index (χ3n) is 4.09. The van der Waals surface area contributed by atoms with Gasteiger partial charge in [-0.05, 0) is 32.4 Å². The summed E-state index contributed by atoms with van der Waals surface area (Å²) in [5, 5.41) is 4.44. The average Bonchev–Trinajstić information content (AvgIpc) is 2.78. The Balaban J connectivity index is 2.32. The topological polar surface area (TPSA) is 30.7 Å². The molecule has 0 saturated carbocycles. The van der Waals surface area contributed by atoms with Crippen LogP contribution in [0, 0.1) is 13.8 Å².